The number of aryl methyl sites for hydroxylation is 2. The summed E-state index contributed by atoms with van der Waals surface area (Å²) in [4.78, 5) is 40.7. The maximum Gasteiger partial charge on any atom is 0.338 e. The van der Waals surface area contributed by atoms with Gasteiger partial charge in [0.1, 0.15) is 6.04 Å². The van der Waals surface area contributed by atoms with Crippen LogP contribution in [0.4, 0.5) is 0 Å². The van der Waals surface area contributed by atoms with Crippen molar-refractivity contribution in [3.8, 4) is 11.1 Å². The molecule has 0 bridgehead atoms. The van der Waals surface area contributed by atoms with E-state index in [1.54, 1.807) is 21.0 Å². The lowest BCUT2D eigenvalue weighted by molar-refractivity contribution is -0.162. The third-order valence-corrected chi connectivity index (χ3v) is 8.24. The number of cyclic esters (lactones) is 1. The van der Waals surface area contributed by atoms with Gasteiger partial charge in [-0.15, -0.1) is 0 Å². The van der Waals surface area contributed by atoms with Crippen LogP contribution in [0.3, 0.4) is 0 Å². The highest BCUT2D eigenvalue weighted by atomic mass is 16.8. The molecule has 3 aromatic rings. The first-order chi connectivity index (χ1) is 21.8. The highest BCUT2D eigenvalue weighted by Crippen LogP contribution is 2.32. The lowest BCUT2D eigenvalue weighted by Gasteiger charge is -2.33. The molecule has 8 nitrogen and oxygen atoms in total. The third-order valence-electron chi connectivity index (χ3n) is 8.24. The summed E-state index contributed by atoms with van der Waals surface area (Å²) in [6, 6.07) is 25.1. The Morgan fingerprint density at radius 1 is 0.913 bits per heavy atom. The fraction of sp³-hybridized carbons (Fsp3) is 0.447. The molecule has 1 heterocycles. The van der Waals surface area contributed by atoms with E-state index in [0.717, 1.165) is 22.3 Å². The number of hydrogen-bond acceptors (Lipinski definition) is 6. The van der Waals surface area contributed by atoms with Gasteiger partial charge in [0.15, 0.2) is 6.10 Å². The summed E-state index contributed by atoms with van der Waals surface area (Å²) in [6.07, 6.45) is 0.636. The van der Waals surface area contributed by atoms with Gasteiger partial charge >= 0.3 is 5.97 Å². The smallest absolute Gasteiger partial charge is 0.338 e. The Labute approximate surface area is 273 Å². The van der Waals surface area contributed by atoms with E-state index in [0.29, 0.717) is 19.3 Å². The number of carbonyl (C=O) groups is 3. The third kappa shape index (κ3) is 9.27. The molecule has 0 unspecified atom stereocenters. The first kappa shape index (κ1) is 34.9. The van der Waals surface area contributed by atoms with E-state index in [1.165, 1.54) is 5.56 Å². The normalized spacial score (nSPS) is 17.9. The van der Waals surface area contributed by atoms with E-state index < -0.39 is 47.2 Å². The lowest BCUT2D eigenvalue weighted by atomic mass is 9.84. The Morgan fingerprint density at radius 3 is 2.20 bits per heavy atom. The van der Waals surface area contributed by atoms with E-state index >= 15 is 0 Å². The van der Waals surface area contributed by atoms with Gasteiger partial charge in [-0.2, -0.15) is 0 Å². The van der Waals surface area contributed by atoms with Crippen LogP contribution >= 0.6 is 0 Å². The van der Waals surface area contributed by atoms with E-state index in [9.17, 15) is 14.4 Å². The minimum Gasteiger partial charge on any atom is -0.432 e. The minimum atomic E-state index is -1.14. The van der Waals surface area contributed by atoms with Gasteiger partial charge < -0.3 is 24.8 Å². The summed E-state index contributed by atoms with van der Waals surface area (Å²) in [6.45, 7) is 11.3. The summed E-state index contributed by atoms with van der Waals surface area (Å²) >= 11 is 0. The Balaban J connectivity index is 1.48. The first-order valence-corrected chi connectivity index (χ1v) is 16.0. The summed E-state index contributed by atoms with van der Waals surface area (Å²) in [5.74, 6) is -3.33. The Kier molecular flexibility index (Phi) is 11.4. The molecular weight excluding hydrogens is 580 g/mol. The lowest BCUT2D eigenvalue weighted by Crippen LogP contribution is -2.56. The predicted octanol–water partition coefficient (Wildman–Crippen LogP) is 6.31. The van der Waals surface area contributed by atoms with Gasteiger partial charge in [-0.25, -0.2) is 4.79 Å². The van der Waals surface area contributed by atoms with E-state index in [2.05, 4.69) is 66.1 Å². The summed E-state index contributed by atoms with van der Waals surface area (Å²) in [7, 11) is 1.58. The molecule has 4 atom stereocenters. The summed E-state index contributed by atoms with van der Waals surface area (Å²) < 4.78 is 16.8. The summed E-state index contributed by atoms with van der Waals surface area (Å²) in [5, 5.41) is 6.04. The Bertz CT molecular complexity index is 1480. The molecule has 3 aromatic carbocycles. The van der Waals surface area contributed by atoms with Crippen LogP contribution in [-0.2, 0) is 35.0 Å². The van der Waals surface area contributed by atoms with Crippen molar-refractivity contribution in [1.82, 2.24) is 10.6 Å². The average Bonchev–Trinajstić information content (AvgIpc) is 3.29. The van der Waals surface area contributed by atoms with Crippen molar-refractivity contribution in [2.24, 2.45) is 11.3 Å². The van der Waals surface area contributed by atoms with Gasteiger partial charge in [0.25, 0.3) is 0 Å². The molecule has 1 aliphatic rings. The molecule has 1 fully saturated rings. The van der Waals surface area contributed by atoms with Crippen molar-refractivity contribution in [3.05, 3.63) is 95.6 Å². The van der Waals surface area contributed by atoms with E-state index in [-0.39, 0.29) is 12.5 Å². The van der Waals surface area contributed by atoms with Crippen LogP contribution in [0.2, 0.25) is 0 Å². The zero-order valence-corrected chi connectivity index (χ0v) is 28.1. The zero-order valence-electron chi connectivity index (χ0n) is 28.1. The topological polar surface area (TPSA) is 103 Å². The SMILES string of the molecule is COC[C@@H](NC(=O)[C@@H](NC(=O)[C@H](CCCc1ccc(-c2cccc(C)c2)cc1)[C@@H]1OC(C)(C)OC1=O)C(C)(C)C)c1ccccc1. The van der Waals surface area contributed by atoms with Gasteiger partial charge in [0, 0.05) is 21.0 Å². The summed E-state index contributed by atoms with van der Waals surface area (Å²) in [5.41, 5.74) is 4.90. The van der Waals surface area contributed by atoms with Gasteiger partial charge in [0.05, 0.1) is 18.6 Å². The van der Waals surface area contributed by atoms with Gasteiger partial charge in [-0.1, -0.05) is 105 Å². The molecule has 2 amide bonds. The minimum absolute atomic E-state index is 0.270. The van der Waals surface area contributed by atoms with Crippen molar-refractivity contribution in [2.45, 2.75) is 84.8 Å². The fourth-order valence-corrected chi connectivity index (χ4v) is 5.81. The molecule has 1 aliphatic heterocycles. The van der Waals surface area contributed by atoms with Crippen LogP contribution < -0.4 is 10.6 Å². The van der Waals surface area contributed by atoms with Crippen molar-refractivity contribution >= 4 is 17.8 Å². The molecular formula is C38H48N2O6. The Morgan fingerprint density at radius 2 is 1.61 bits per heavy atom. The van der Waals surface area contributed by atoms with Crippen LogP contribution in [0.25, 0.3) is 11.1 Å². The fourth-order valence-electron chi connectivity index (χ4n) is 5.81. The van der Waals surface area contributed by atoms with E-state index in [4.69, 9.17) is 14.2 Å². The number of rotatable bonds is 13. The molecule has 0 saturated carbocycles. The molecule has 1 saturated heterocycles. The number of esters is 1. The second-order valence-electron chi connectivity index (χ2n) is 13.7. The molecule has 8 heteroatoms. The van der Waals surface area contributed by atoms with Gasteiger partial charge in [-0.05, 0) is 53.9 Å². The molecule has 0 aliphatic carbocycles. The number of ether oxygens (including phenoxy) is 3. The largest absolute Gasteiger partial charge is 0.432 e. The van der Waals surface area contributed by atoms with E-state index in [1.807, 2.05) is 51.1 Å². The Hall–Kier alpha value is -4.01. The molecule has 0 spiro atoms. The maximum absolute atomic E-state index is 14.0. The standard InChI is InChI=1S/C38H48N2O6/c1-25-13-11-17-29(23-25)27-21-19-26(20-22-27)14-12-18-30(32-36(43)46-38(5,6)45-32)34(41)40-33(37(2,3)4)35(42)39-31(24-44-7)28-15-9-8-10-16-28/h8-11,13,15-17,19-23,30-33H,12,14,18,24H2,1-7H3,(H,39,42)(H,40,41)/t30-,31-,32+,33-/m1/s1. The molecule has 246 valence electrons. The number of carbonyl (C=O) groups excluding carboxylic acids is 3. The number of hydrogen-bond donors (Lipinski definition) is 2. The first-order valence-electron chi connectivity index (χ1n) is 16.0. The average molecular weight is 629 g/mol. The number of nitrogens with one attached hydrogen (secondary N) is 2. The van der Waals surface area contributed by atoms with Crippen molar-refractivity contribution in [2.75, 3.05) is 13.7 Å². The van der Waals surface area contributed by atoms with Crippen molar-refractivity contribution < 1.29 is 28.6 Å². The van der Waals surface area contributed by atoms with Crippen LogP contribution in [0, 0.1) is 18.3 Å². The second kappa shape index (κ2) is 15.1. The molecule has 2 N–H and O–H groups in total. The van der Waals surface area contributed by atoms with Crippen LogP contribution in [0.15, 0.2) is 78.9 Å². The van der Waals surface area contributed by atoms with Crippen LogP contribution in [0.5, 0.6) is 0 Å². The quantitative estimate of drug-likeness (QED) is 0.215. The van der Waals surface area contributed by atoms with Gasteiger partial charge in [0.2, 0.25) is 17.6 Å². The second-order valence-corrected chi connectivity index (χ2v) is 13.7. The van der Waals surface area contributed by atoms with Crippen LogP contribution in [0.1, 0.15) is 70.2 Å². The zero-order chi connectivity index (χ0) is 33.5. The molecule has 4 rings (SSSR count). The van der Waals surface area contributed by atoms with Gasteiger partial charge in [-0.3, -0.25) is 9.59 Å². The number of benzene rings is 3. The van der Waals surface area contributed by atoms with Crippen molar-refractivity contribution in [1.29, 1.82) is 0 Å². The molecule has 0 radical (unpaired) electrons. The highest BCUT2D eigenvalue weighted by Gasteiger charge is 2.48. The predicted molar refractivity (Wildman–Crippen MR) is 179 cm³/mol. The number of methoxy groups -OCH3 is 1. The monoisotopic (exact) mass is 628 g/mol. The number of amides is 2. The highest BCUT2D eigenvalue weighted by molar-refractivity contribution is 5.92. The maximum atomic E-state index is 14.0. The van der Waals surface area contributed by atoms with Crippen molar-refractivity contribution in [3.63, 3.8) is 0 Å². The van der Waals surface area contributed by atoms with Crippen LogP contribution in [-0.4, -0.2) is 49.4 Å². The molecule has 46 heavy (non-hydrogen) atoms. The molecule has 0 aromatic heterocycles.